The molecular weight excluding hydrogens is 534 g/mol. The largest absolute Gasteiger partial charge is 0.497 e. The number of carbonyl (C=O) groups is 3. The van der Waals surface area contributed by atoms with Gasteiger partial charge in [0, 0.05) is 25.0 Å². The van der Waals surface area contributed by atoms with Gasteiger partial charge >= 0.3 is 12.1 Å². The van der Waals surface area contributed by atoms with Crippen molar-refractivity contribution in [3.8, 4) is 5.75 Å². The second kappa shape index (κ2) is 9.86. The molecule has 0 aromatic heterocycles. The van der Waals surface area contributed by atoms with Gasteiger partial charge in [-0.1, -0.05) is 6.07 Å². The lowest BCUT2D eigenvalue weighted by Crippen LogP contribution is -2.74. The van der Waals surface area contributed by atoms with Crippen LogP contribution in [0, 0.1) is 18.8 Å². The Kier molecular flexibility index (Phi) is 6.87. The molecule has 1 aromatic carbocycles. The summed E-state index contributed by atoms with van der Waals surface area (Å²) in [6, 6.07) is 5.16. The quantitative estimate of drug-likeness (QED) is 0.475. The SMILES string of the molecule is COc1ccc(C)c(C23CCN(C(=O)OC(C)(C)C)C(C)C2(O)CC[C@]2(C3)C(=O)N(CC3CC3)C(=O)N2CC2CC2)c1. The number of hydrogen-bond acceptors (Lipinski definition) is 6. The zero-order chi connectivity index (χ0) is 30.2. The fraction of sp³-hybridized carbons (Fsp3) is 0.727. The van der Waals surface area contributed by atoms with E-state index in [-0.39, 0.29) is 18.4 Å². The molecular formula is C33H47N3O6. The lowest BCUT2D eigenvalue weighted by molar-refractivity contribution is -0.176. The molecule has 9 nitrogen and oxygen atoms in total. The first kappa shape index (κ1) is 29.3. The number of imide groups is 1. The number of ether oxygens (including phenoxy) is 2. The number of urea groups is 1. The molecule has 1 spiro atoms. The topological polar surface area (TPSA) is 99.6 Å². The van der Waals surface area contributed by atoms with Crippen LogP contribution in [0.1, 0.15) is 90.2 Å². The number of nitrogens with zero attached hydrogens (tertiary/aromatic N) is 3. The lowest BCUT2D eigenvalue weighted by atomic mass is 9.49. The van der Waals surface area contributed by atoms with Crippen LogP contribution >= 0.6 is 0 Å². The normalized spacial score (nSPS) is 33.3. The minimum Gasteiger partial charge on any atom is -0.497 e. The smallest absolute Gasteiger partial charge is 0.410 e. The van der Waals surface area contributed by atoms with Gasteiger partial charge in [-0.3, -0.25) is 9.69 Å². The van der Waals surface area contributed by atoms with Crippen molar-refractivity contribution in [3.05, 3.63) is 29.3 Å². The summed E-state index contributed by atoms with van der Waals surface area (Å²) in [5.41, 5.74) is -2.03. The molecule has 230 valence electrons. The van der Waals surface area contributed by atoms with Gasteiger partial charge < -0.3 is 24.4 Å². The molecule has 42 heavy (non-hydrogen) atoms. The van der Waals surface area contributed by atoms with Crippen molar-refractivity contribution in [2.75, 3.05) is 26.7 Å². The number of benzene rings is 1. The number of piperidine rings is 1. The zero-order valence-electron chi connectivity index (χ0n) is 26.1. The van der Waals surface area contributed by atoms with Gasteiger partial charge in [0.2, 0.25) is 0 Å². The van der Waals surface area contributed by atoms with E-state index in [1.54, 1.807) is 12.0 Å². The van der Waals surface area contributed by atoms with Crippen LogP contribution < -0.4 is 4.74 Å². The van der Waals surface area contributed by atoms with Crippen LogP contribution in [-0.4, -0.2) is 87.4 Å². The van der Waals surface area contributed by atoms with Crippen LogP contribution in [0.25, 0.3) is 0 Å². The Hall–Kier alpha value is -2.81. The van der Waals surface area contributed by atoms with E-state index in [0.29, 0.717) is 56.5 Å². The summed E-state index contributed by atoms with van der Waals surface area (Å²) >= 11 is 0. The molecule has 3 saturated carbocycles. The molecule has 0 radical (unpaired) electrons. The van der Waals surface area contributed by atoms with Gasteiger partial charge in [0.05, 0.1) is 18.8 Å². The summed E-state index contributed by atoms with van der Waals surface area (Å²) in [6.45, 7) is 10.9. The number of aliphatic hydroxyl groups is 1. The molecule has 4 atom stereocenters. The van der Waals surface area contributed by atoms with Gasteiger partial charge in [0.15, 0.2) is 0 Å². The fourth-order valence-corrected chi connectivity index (χ4v) is 8.06. The van der Waals surface area contributed by atoms with E-state index in [4.69, 9.17) is 9.47 Å². The molecule has 3 unspecified atom stereocenters. The monoisotopic (exact) mass is 581 g/mol. The van der Waals surface area contributed by atoms with E-state index in [9.17, 15) is 19.5 Å². The molecule has 5 fully saturated rings. The van der Waals surface area contributed by atoms with Crippen molar-refractivity contribution >= 4 is 18.0 Å². The average Bonchev–Trinajstić information content (AvgIpc) is 3.85. The van der Waals surface area contributed by atoms with E-state index in [2.05, 4.69) is 0 Å². The van der Waals surface area contributed by atoms with Gasteiger partial charge in [-0.2, -0.15) is 0 Å². The Bertz CT molecular complexity index is 1280. The van der Waals surface area contributed by atoms with Crippen molar-refractivity contribution < 1.29 is 29.0 Å². The van der Waals surface area contributed by atoms with Crippen molar-refractivity contribution in [3.63, 3.8) is 0 Å². The van der Waals surface area contributed by atoms with Crippen LogP contribution in [0.4, 0.5) is 9.59 Å². The van der Waals surface area contributed by atoms with Crippen molar-refractivity contribution in [2.45, 2.75) is 114 Å². The molecule has 9 heteroatoms. The average molecular weight is 582 g/mol. The molecule has 6 rings (SSSR count). The third kappa shape index (κ3) is 4.57. The molecule has 2 saturated heterocycles. The molecule has 2 aliphatic heterocycles. The summed E-state index contributed by atoms with van der Waals surface area (Å²) < 4.78 is 11.4. The number of carbonyl (C=O) groups excluding carboxylic acids is 3. The van der Waals surface area contributed by atoms with Crippen LogP contribution in [0.2, 0.25) is 0 Å². The number of methoxy groups -OCH3 is 1. The number of likely N-dealkylation sites (tertiary alicyclic amines) is 1. The molecule has 5 aliphatic rings. The summed E-state index contributed by atoms with van der Waals surface area (Å²) in [4.78, 5) is 46.9. The Balaban J connectivity index is 1.46. The first-order valence-electron chi connectivity index (χ1n) is 15.8. The van der Waals surface area contributed by atoms with Gasteiger partial charge in [0.1, 0.15) is 16.9 Å². The predicted molar refractivity (Wildman–Crippen MR) is 157 cm³/mol. The van der Waals surface area contributed by atoms with Crippen LogP contribution in [0.15, 0.2) is 18.2 Å². The van der Waals surface area contributed by atoms with Gasteiger partial charge in [-0.05, 0) is 121 Å². The third-order valence-electron chi connectivity index (χ3n) is 10.8. The first-order chi connectivity index (χ1) is 19.7. The predicted octanol–water partition coefficient (Wildman–Crippen LogP) is 5.01. The van der Waals surface area contributed by atoms with Crippen LogP contribution in [0.3, 0.4) is 0 Å². The maximum absolute atomic E-state index is 14.5. The molecule has 4 amide bonds. The molecule has 3 aliphatic carbocycles. The fourth-order valence-electron chi connectivity index (χ4n) is 8.06. The van der Waals surface area contributed by atoms with E-state index in [1.165, 1.54) is 4.90 Å². The third-order valence-corrected chi connectivity index (χ3v) is 10.8. The molecule has 0 bridgehead atoms. The maximum atomic E-state index is 14.5. The summed E-state index contributed by atoms with van der Waals surface area (Å²) in [5, 5.41) is 12.9. The summed E-state index contributed by atoms with van der Waals surface area (Å²) in [7, 11) is 1.63. The highest BCUT2D eigenvalue weighted by Crippen LogP contribution is 2.60. The summed E-state index contributed by atoms with van der Waals surface area (Å²) in [5.74, 6) is 1.38. The van der Waals surface area contributed by atoms with E-state index >= 15 is 0 Å². The zero-order valence-corrected chi connectivity index (χ0v) is 26.1. The highest BCUT2D eigenvalue weighted by Gasteiger charge is 2.71. The van der Waals surface area contributed by atoms with Crippen molar-refractivity contribution in [2.24, 2.45) is 11.8 Å². The minimum atomic E-state index is -1.36. The summed E-state index contributed by atoms with van der Waals surface area (Å²) in [6.07, 6.45) is 5.19. The van der Waals surface area contributed by atoms with E-state index in [0.717, 1.165) is 36.8 Å². The van der Waals surface area contributed by atoms with Gasteiger partial charge in [0.25, 0.3) is 5.91 Å². The maximum Gasteiger partial charge on any atom is 0.410 e. The highest BCUT2D eigenvalue weighted by atomic mass is 16.6. The first-order valence-corrected chi connectivity index (χ1v) is 15.8. The Morgan fingerprint density at radius 2 is 1.71 bits per heavy atom. The second-order valence-corrected chi connectivity index (χ2v) is 14.7. The number of aryl methyl sites for hydroxylation is 1. The number of hydrogen-bond donors (Lipinski definition) is 1. The standard InChI is InChI=1S/C33H47N3O6/c1-21-7-12-25(41-6)17-26(21)31-15-16-34(29(39)42-30(3,4)5)22(2)33(31,40)14-13-32(20-31)27(37)35(18-23-8-9-23)28(38)36(32)19-24-10-11-24/h7,12,17,22-24,40H,8-11,13-16,18-20H2,1-6H3/t22?,31?,32-,33?/m0/s1. The van der Waals surface area contributed by atoms with Gasteiger partial charge in [-0.15, -0.1) is 0 Å². The second-order valence-electron chi connectivity index (χ2n) is 14.7. The van der Waals surface area contributed by atoms with Crippen molar-refractivity contribution in [1.29, 1.82) is 0 Å². The lowest BCUT2D eigenvalue weighted by Gasteiger charge is -2.63. The molecule has 1 aromatic rings. The number of fused-ring (bicyclic) bond motifs is 1. The molecule has 2 heterocycles. The Morgan fingerprint density at radius 1 is 1.05 bits per heavy atom. The van der Waals surface area contributed by atoms with Crippen LogP contribution in [-0.2, 0) is 14.9 Å². The minimum absolute atomic E-state index is 0.107. The van der Waals surface area contributed by atoms with Gasteiger partial charge in [-0.25, -0.2) is 9.59 Å². The Labute approximate surface area is 249 Å². The molecule has 1 N–H and O–H groups in total. The van der Waals surface area contributed by atoms with Crippen molar-refractivity contribution in [1.82, 2.24) is 14.7 Å². The number of amides is 4. The number of rotatable bonds is 6. The van der Waals surface area contributed by atoms with E-state index in [1.807, 2.05) is 57.7 Å². The van der Waals surface area contributed by atoms with E-state index < -0.39 is 34.3 Å². The van der Waals surface area contributed by atoms with Crippen LogP contribution in [0.5, 0.6) is 5.75 Å². The Morgan fingerprint density at radius 3 is 2.33 bits per heavy atom. The highest BCUT2D eigenvalue weighted by molar-refractivity contribution is 6.07.